The van der Waals surface area contributed by atoms with Gasteiger partial charge < -0.3 is 4.98 Å². The molecular formula is C14H10F3N3O2S. The molecular weight excluding hydrogens is 331 g/mol. The Morgan fingerprint density at radius 3 is 2.57 bits per heavy atom. The van der Waals surface area contributed by atoms with Crippen LogP contribution in [0.15, 0.2) is 9.59 Å². The van der Waals surface area contributed by atoms with Gasteiger partial charge in [-0.15, -0.1) is 11.3 Å². The van der Waals surface area contributed by atoms with E-state index in [1.54, 1.807) is 0 Å². The quantitative estimate of drug-likeness (QED) is 0.660. The number of thiophene rings is 1. The minimum Gasteiger partial charge on any atom is -0.305 e. The third-order valence-electron chi connectivity index (χ3n) is 4.07. The number of aromatic nitrogens is 3. The lowest BCUT2D eigenvalue weighted by Gasteiger charge is -2.21. The molecule has 0 saturated heterocycles. The molecule has 2 N–H and O–H groups in total. The second-order valence-electron chi connectivity index (χ2n) is 5.51. The van der Waals surface area contributed by atoms with Gasteiger partial charge in [-0.2, -0.15) is 13.2 Å². The molecule has 0 unspecified atom stereocenters. The molecule has 5 nitrogen and oxygen atoms in total. The SMILES string of the molecule is O=c1[nH]c(=O)c2sc3nc4c(c(C(F)(F)F)c3c2[nH]1)CCCC4. The van der Waals surface area contributed by atoms with Crippen molar-refractivity contribution < 1.29 is 13.2 Å². The van der Waals surface area contributed by atoms with Gasteiger partial charge in [-0.1, -0.05) is 0 Å². The maximum absolute atomic E-state index is 13.7. The van der Waals surface area contributed by atoms with E-state index in [9.17, 15) is 22.8 Å². The fraction of sp³-hybridized carbons (Fsp3) is 0.357. The van der Waals surface area contributed by atoms with Crippen LogP contribution in [0, 0.1) is 0 Å². The van der Waals surface area contributed by atoms with E-state index in [1.807, 2.05) is 4.98 Å². The Kier molecular flexibility index (Phi) is 2.93. The van der Waals surface area contributed by atoms with E-state index in [4.69, 9.17) is 0 Å². The first-order chi connectivity index (χ1) is 10.9. The van der Waals surface area contributed by atoms with Crippen molar-refractivity contribution in [3.63, 3.8) is 0 Å². The summed E-state index contributed by atoms with van der Waals surface area (Å²) in [5.74, 6) is 0. The Labute approximate surface area is 130 Å². The molecule has 0 radical (unpaired) electrons. The summed E-state index contributed by atoms with van der Waals surface area (Å²) in [5.41, 5.74) is -1.72. The topological polar surface area (TPSA) is 78.6 Å². The normalized spacial score (nSPS) is 15.3. The molecule has 1 aliphatic carbocycles. The van der Waals surface area contributed by atoms with Gasteiger partial charge in [0.1, 0.15) is 9.53 Å². The third-order valence-corrected chi connectivity index (χ3v) is 5.15. The van der Waals surface area contributed by atoms with Crippen LogP contribution < -0.4 is 11.2 Å². The number of rotatable bonds is 0. The Morgan fingerprint density at radius 1 is 1.09 bits per heavy atom. The summed E-state index contributed by atoms with van der Waals surface area (Å²) in [4.78, 5) is 32.2. The summed E-state index contributed by atoms with van der Waals surface area (Å²) in [7, 11) is 0. The summed E-state index contributed by atoms with van der Waals surface area (Å²) in [5, 5.41) is -0.165. The number of nitrogens with one attached hydrogen (secondary N) is 2. The van der Waals surface area contributed by atoms with Gasteiger partial charge >= 0.3 is 11.9 Å². The van der Waals surface area contributed by atoms with Gasteiger partial charge in [0.2, 0.25) is 0 Å². The van der Waals surface area contributed by atoms with Gasteiger partial charge in [0, 0.05) is 11.1 Å². The number of halogens is 3. The predicted molar refractivity (Wildman–Crippen MR) is 80.0 cm³/mol. The fourth-order valence-electron chi connectivity index (χ4n) is 3.18. The van der Waals surface area contributed by atoms with Crippen molar-refractivity contribution in [3.05, 3.63) is 37.7 Å². The second-order valence-corrected chi connectivity index (χ2v) is 6.51. The molecule has 0 aromatic carbocycles. The van der Waals surface area contributed by atoms with Gasteiger partial charge in [0.05, 0.1) is 11.1 Å². The van der Waals surface area contributed by atoms with Crippen molar-refractivity contribution >= 4 is 31.8 Å². The van der Waals surface area contributed by atoms with Gasteiger partial charge in [-0.05, 0) is 31.2 Å². The van der Waals surface area contributed by atoms with Crippen LogP contribution in [-0.4, -0.2) is 15.0 Å². The molecule has 120 valence electrons. The van der Waals surface area contributed by atoms with Gasteiger partial charge in [0.25, 0.3) is 5.56 Å². The first-order valence-corrected chi connectivity index (χ1v) is 7.85. The molecule has 3 aromatic heterocycles. The lowest BCUT2D eigenvalue weighted by Crippen LogP contribution is -2.21. The first-order valence-electron chi connectivity index (χ1n) is 7.04. The van der Waals surface area contributed by atoms with E-state index in [0.29, 0.717) is 25.0 Å². The number of alkyl halides is 3. The van der Waals surface area contributed by atoms with Crippen molar-refractivity contribution in [3.8, 4) is 0 Å². The summed E-state index contributed by atoms with van der Waals surface area (Å²) >= 11 is 0.875. The number of nitrogens with zero attached hydrogens (tertiary/aromatic N) is 1. The van der Waals surface area contributed by atoms with Gasteiger partial charge in [-0.3, -0.25) is 9.78 Å². The maximum atomic E-state index is 13.7. The average molecular weight is 341 g/mol. The number of H-pyrrole nitrogens is 2. The molecule has 0 bridgehead atoms. The van der Waals surface area contributed by atoms with Gasteiger partial charge in [-0.25, -0.2) is 9.78 Å². The Morgan fingerprint density at radius 2 is 1.83 bits per heavy atom. The van der Waals surface area contributed by atoms with Crippen LogP contribution in [0.25, 0.3) is 20.4 Å². The highest BCUT2D eigenvalue weighted by molar-refractivity contribution is 7.25. The molecule has 0 atom stereocenters. The lowest BCUT2D eigenvalue weighted by molar-refractivity contribution is -0.137. The number of aryl methyl sites for hydroxylation is 1. The van der Waals surface area contributed by atoms with Crippen LogP contribution in [0.5, 0.6) is 0 Å². The molecule has 1 aliphatic rings. The van der Waals surface area contributed by atoms with Crippen molar-refractivity contribution in [2.45, 2.75) is 31.9 Å². The minimum absolute atomic E-state index is 0.0555. The van der Waals surface area contributed by atoms with Crippen molar-refractivity contribution in [2.24, 2.45) is 0 Å². The average Bonchev–Trinajstić information content (AvgIpc) is 2.82. The van der Waals surface area contributed by atoms with Crippen LogP contribution >= 0.6 is 11.3 Å². The van der Waals surface area contributed by atoms with Crippen molar-refractivity contribution in [2.75, 3.05) is 0 Å². The standard InChI is InChI=1S/C14H10F3N3O2S/c15-14(16,17)8-5-3-1-2-4-6(5)18-12-7(8)9-10(23-12)11(21)20-13(22)19-9/h1-4H2,(H2,19,20,21,22). The van der Waals surface area contributed by atoms with E-state index in [-0.39, 0.29) is 26.0 Å². The highest BCUT2D eigenvalue weighted by Gasteiger charge is 2.39. The number of aromatic amines is 2. The largest absolute Gasteiger partial charge is 0.417 e. The van der Waals surface area contributed by atoms with Crippen LogP contribution in [-0.2, 0) is 19.0 Å². The van der Waals surface area contributed by atoms with Crippen LogP contribution in [0.1, 0.15) is 29.7 Å². The van der Waals surface area contributed by atoms with E-state index >= 15 is 0 Å². The van der Waals surface area contributed by atoms with Gasteiger partial charge in [0.15, 0.2) is 0 Å². The van der Waals surface area contributed by atoms with E-state index in [2.05, 4.69) is 9.97 Å². The van der Waals surface area contributed by atoms with E-state index < -0.39 is 23.0 Å². The number of hydrogen-bond donors (Lipinski definition) is 2. The summed E-state index contributed by atoms with van der Waals surface area (Å²) < 4.78 is 41.2. The summed E-state index contributed by atoms with van der Waals surface area (Å²) in [6.45, 7) is 0. The molecule has 0 saturated carbocycles. The number of pyridine rings is 1. The highest BCUT2D eigenvalue weighted by atomic mass is 32.1. The zero-order chi connectivity index (χ0) is 16.4. The minimum atomic E-state index is -4.57. The first kappa shape index (κ1) is 14.4. The Hall–Kier alpha value is -2.16. The lowest BCUT2D eigenvalue weighted by atomic mass is 9.90. The highest BCUT2D eigenvalue weighted by Crippen LogP contribution is 2.44. The molecule has 0 amide bonds. The Bertz CT molecular complexity index is 1060. The van der Waals surface area contributed by atoms with E-state index in [1.165, 1.54) is 0 Å². The second kappa shape index (κ2) is 4.67. The molecule has 3 aromatic rings. The fourth-order valence-corrected chi connectivity index (χ4v) is 4.24. The molecule has 0 spiro atoms. The summed E-state index contributed by atoms with van der Waals surface area (Å²) in [6.07, 6.45) is -2.31. The molecule has 9 heteroatoms. The number of fused-ring (bicyclic) bond motifs is 4. The smallest absolute Gasteiger partial charge is 0.305 e. The molecule has 4 rings (SSSR count). The number of hydrogen-bond acceptors (Lipinski definition) is 4. The van der Waals surface area contributed by atoms with E-state index in [0.717, 1.165) is 17.8 Å². The van der Waals surface area contributed by atoms with Crippen molar-refractivity contribution in [1.82, 2.24) is 15.0 Å². The molecule has 23 heavy (non-hydrogen) atoms. The molecule has 0 aliphatic heterocycles. The Balaban J connectivity index is 2.28. The molecule has 3 heterocycles. The third kappa shape index (κ3) is 2.10. The summed E-state index contributed by atoms with van der Waals surface area (Å²) in [6, 6.07) is 0. The van der Waals surface area contributed by atoms with Crippen LogP contribution in [0.2, 0.25) is 0 Å². The molecule has 0 fully saturated rings. The van der Waals surface area contributed by atoms with Crippen molar-refractivity contribution in [1.29, 1.82) is 0 Å². The zero-order valence-electron chi connectivity index (χ0n) is 11.6. The van der Waals surface area contributed by atoms with Crippen LogP contribution in [0.4, 0.5) is 13.2 Å². The maximum Gasteiger partial charge on any atom is 0.417 e. The van der Waals surface area contributed by atoms with Crippen LogP contribution in [0.3, 0.4) is 0 Å². The predicted octanol–water partition coefficient (Wildman–Crippen LogP) is 2.72. The monoisotopic (exact) mass is 341 g/mol. The zero-order valence-corrected chi connectivity index (χ0v) is 12.5.